The zero-order valence-electron chi connectivity index (χ0n) is 11.2. The van der Waals surface area contributed by atoms with Gasteiger partial charge >= 0.3 is 5.97 Å². The first-order valence-corrected chi connectivity index (χ1v) is 6.81. The summed E-state index contributed by atoms with van der Waals surface area (Å²) in [6.07, 6.45) is 0. The second-order valence-electron chi connectivity index (χ2n) is 4.28. The Hall–Kier alpha value is -1.91. The number of benzene rings is 2. The van der Waals surface area contributed by atoms with Gasteiger partial charge in [-0.25, -0.2) is 4.79 Å². The SMILES string of the molecule is COC(=O)c1ccc(COc2cc(Cl)c(Cl)cc2N)cc1. The fourth-order valence-corrected chi connectivity index (χ4v) is 2.01. The summed E-state index contributed by atoms with van der Waals surface area (Å²) in [7, 11) is 1.34. The maximum atomic E-state index is 11.3. The quantitative estimate of drug-likeness (QED) is 0.683. The topological polar surface area (TPSA) is 61.5 Å². The minimum atomic E-state index is -0.379. The van der Waals surface area contributed by atoms with E-state index in [1.54, 1.807) is 36.4 Å². The molecule has 0 atom stereocenters. The van der Waals surface area contributed by atoms with E-state index in [2.05, 4.69) is 4.74 Å². The first kappa shape index (κ1) is 15.5. The van der Waals surface area contributed by atoms with Crippen LogP contribution in [0.2, 0.25) is 10.0 Å². The van der Waals surface area contributed by atoms with Crippen LogP contribution in [0.15, 0.2) is 36.4 Å². The molecule has 2 aromatic carbocycles. The number of nitrogens with two attached hydrogens (primary N) is 1. The fourth-order valence-electron chi connectivity index (χ4n) is 1.68. The molecule has 0 aliphatic heterocycles. The van der Waals surface area contributed by atoms with Gasteiger partial charge in [-0.3, -0.25) is 0 Å². The second-order valence-corrected chi connectivity index (χ2v) is 5.10. The number of nitrogen functional groups attached to an aromatic ring is 1. The molecule has 0 unspecified atom stereocenters. The van der Waals surface area contributed by atoms with Crippen molar-refractivity contribution >= 4 is 34.9 Å². The molecule has 0 radical (unpaired) electrons. The van der Waals surface area contributed by atoms with Gasteiger partial charge in [0.1, 0.15) is 12.4 Å². The summed E-state index contributed by atoms with van der Waals surface area (Å²) in [4.78, 5) is 11.3. The zero-order valence-corrected chi connectivity index (χ0v) is 12.7. The Balaban J connectivity index is 2.06. The third-order valence-corrected chi connectivity index (χ3v) is 3.54. The maximum Gasteiger partial charge on any atom is 0.337 e. The van der Waals surface area contributed by atoms with Gasteiger partial charge in [0.25, 0.3) is 0 Å². The number of carbonyl (C=O) groups excluding carboxylic acids is 1. The van der Waals surface area contributed by atoms with Crippen LogP contribution in [0.3, 0.4) is 0 Å². The number of esters is 1. The Morgan fingerprint density at radius 3 is 2.38 bits per heavy atom. The van der Waals surface area contributed by atoms with Crippen molar-refractivity contribution in [3.8, 4) is 5.75 Å². The molecule has 2 rings (SSSR count). The second kappa shape index (κ2) is 6.70. The lowest BCUT2D eigenvalue weighted by Gasteiger charge is -2.10. The smallest absolute Gasteiger partial charge is 0.337 e. The molecule has 0 spiro atoms. The van der Waals surface area contributed by atoms with Crippen molar-refractivity contribution in [2.45, 2.75) is 6.61 Å². The number of halogens is 2. The lowest BCUT2D eigenvalue weighted by atomic mass is 10.1. The zero-order chi connectivity index (χ0) is 15.4. The Bertz CT molecular complexity index is 657. The Morgan fingerprint density at radius 2 is 1.76 bits per heavy atom. The monoisotopic (exact) mass is 325 g/mol. The predicted molar refractivity (Wildman–Crippen MR) is 83.0 cm³/mol. The van der Waals surface area contributed by atoms with Crippen LogP contribution in [0.5, 0.6) is 5.75 Å². The summed E-state index contributed by atoms with van der Waals surface area (Å²) < 4.78 is 10.2. The van der Waals surface area contributed by atoms with E-state index in [-0.39, 0.29) is 5.97 Å². The lowest BCUT2D eigenvalue weighted by Crippen LogP contribution is -2.02. The molecule has 0 saturated heterocycles. The Labute approximate surface area is 132 Å². The minimum absolute atomic E-state index is 0.295. The highest BCUT2D eigenvalue weighted by atomic mass is 35.5. The van der Waals surface area contributed by atoms with E-state index in [4.69, 9.17) is 33.7 Å². The van der Waals surface area contributed by atoms with Crippen LogP contribution in [0.4, 0.5) is 5.69 Å². The maximum absolute atomic E-state index is 11.3. The molecule has 0 saturated carbocycles. The van der Waals surface area contributed by atoms with Crippen molar-refractivity contribution in [1.82, 2.24) is 0 Å². The molecule has 2 N–H and O–H groups in total. The van der Waals surface area contributed by atoms with Gasteiger partial charge in [-0.1, -0.05) is 35.3 Å². The van der Waals surface area contributed by atoms with E-state index >= 15 is 0 Å². The van der Waals surface area contributed by atoms with Gasteiger partial charge in [-0.2, -0.15) is 0 Å². The van der Waals surface area contributed by atoms with Gasteiger partial charge in [-0.05, 0) is 23.8 Å². The van der Waals surface area contributed by atoms with Gasteiger partial charge in [0.05, 0.1) is 28.4 Å². The molecule has 4 nitrogen and oxygen atoms in total. The molecule has 110 valence electrons. The van der Waals surface area contributed by atoms with Crippen LogP contribution < -0.4 is 10.5 Å². The van der Waals surface area contributed by atoms with Gasteiger partial charge in [0.15, 0.2) is 0 Å². The largest absolute Gasteiger partial charge is 0.487 e. The van der Waals surface area contributed by atoms with Crippen molar-refractivity contribution < 1.29 is 14.3 Å². The third kappa shape index (κ3) is 3.80. The summed E-state index contributed by atoms with van der Waals surface area (Å²) >= 11 is 11.8. The van der Waals surface area contributed by atoms with Crippen molar-refractivity contribution in [3.63, 3.8) is 0 Å². The molecule has 0 amide bonds. The van der Waals surface area contributed by atoms with Crippen LogP contribution in [0.25, 0.3) is 0 Å². The van der Waals surface area contributed by atoms with E-state index in [1.807, 2.05) is 0 Å². The molecular weight excluding hydrogens is 313 g/mol. The fraction of sp³-hybridized carbons (Fsp3) is 0.133. The highest BCUT2D eigenvalue weighted by Gasteiger charge is 2.08. The molecule has 0 aliphatic rings. The lowest BCUT2D eigenvalue weighted by molar-refractivity contribution is 0.0600. The van der Waals surface area contributed by atoms with E-state index < -0.39 is 0 Å². The van der Waals surface area contributed by atoms with E-state index in [1.165, 1.54) is 7.11 Å². The summed E-state index contributed by atoms with van der Waals surface area (Å²) in [5.41, 5.74) is 7.58. The molecule has 6 heteroatoms. The van der Waals surface area contributed by atoms with Gasteiger partial charge in [-0.15, -0.1) is 0 Å². The normalized spacial score (nSPS) is 10.2. The summed E-state index contributed by atoms with van der Waals surface area (Å²) in [5.74, 6) is 0.0811. The highest BCUT2D eigenvalue weighted by molar-refractivity contribution is 6.42. The number of hydrogen-bond acceptors (Lipinski definition) is 4. The van der Waals surface area contributed by atoms with Crippen molar-refractivity contribution in [3.05, 3.63) is 57.6 Å². The third-order valence-electron chi connectivity index (χ3n) is 2.82. The van der Waals surface area contributed by atoms with E-state index in [0.29, 0.717) is 33.7 Å². The average molecular weight is 326 g/mol. The predicted octanol–water partition coefficient (Wildman–Crippen LogP) is 3.94. The van der Waals surface area contributed by atoms with E-state index in [0.717, 1.165) is 5.56 Å². The molecular formula is C15H13Cl2NO3. The summed E-state index contributed by atoms with van der Waals surface area (Å²) in [6, 6.07) is 10.0. The van der Waals surface area contributed by atoms with Crippen molar-refractivity contribution in [1.29, 1.82) is 0 Å². The Morgan fingerprint density at radius 1 is 1.14 bits per heavy atom. The molecule has 0 aromatic heterocycles. The standard InChI is InChI=1S/C15H13Cl2NO3/c1-20-15(19)10-4-2-9(3-5-10)8-21-14-7-12(17)11(16)6-13(14)18/h2-7H,8,18H2,1H3. The molecule has 2 aromatic rings. The van der Waals surface area contributed by atoms with Crippen LogP contribution >= 0.6 is 23.2 Å². The van der Waals surface area contributed by atoms with Crippen LogP contribution in [-0.4, -0.2) is 13.1 Å². The molecule has 0 heterocycles. The first-order valence-electron chi connectivity index (χ1n) is 6.06. The number of methoxy groups -OCH3 is 1. The average Bonchev–Trinajstić information content (AvgIpc) is 2.49. The number of rotatable bonds is 4. The van der Waals surface area contributed by atoms with Crippen LogP contribution in [0.1, 0.15) is 15.9 Å². The number of ether oxygens (including phenoxy) is 2. The van der Waals surface area contributed by atoms with Gasteiger partial charge in [0.2, 0.25) is 0 Å². The highest BCUT2D eigenvalue weighted by Crippen LogP contribution is 2.32. The number of anilines is 1. The molecule has 0 bridgehead atoms. The summed E-state index contributed by atoms with van der Waals surface area (Å²) in [6.45, 7) is 0.295. The van der Waals surface area contributed by atoms with Crippen molar-refractivity contribution in [2.75, 3.05) is 12.8 Å². The van der Waals surface area contributed by atoms with Crippen LogP contribution in [-0.2, 0) is 11.3 Å². The number of carbonyl (C=O) groups is 1. The van der Waals surface area contributed by atoms with Crippen LogP contribution in [0, 0.1) is 0 Å². The Kier molecular flexibility index (Phi) is 4.94. The van der Waals surface area contributed by atoms with Gasteiger partial charge < -0.3 is 15.2 Å². The molecule has 0 fully saturated rings. The number of hydrogen-bond donors (Lipinski definition) is 1. The molecule has 21 heavy (non-hydrogen) atoms. The van der Waals surface area contributed by atoms with Gasteiger partial charge in [0, 0.05) is 6.07 Å². The summed E-state index contributed by atoms with van der Waals surface area (Å²) in [5, 5.41) is 0.755. The minimum Gasteiger partial charge on any atom is -0.487 e. The van der Waals surface area contributed by atoms with Crippen molar-refractivity contribution in [2.24, 2.45) is 0 Å². The first-order chi connectivity index (χ1) is 10.0. The molecule has 0 aliphatic carbocycles. The van der Waals surface area contributed by atoms with E-state index in [9.17, 15) is 4.79 Å².